The molecular formula is C25H28N2O4. The Labute approximate surface area is 183 Å². The molecule has 3 aromatic carbocycles. The summed E-state index contributed by atoms with van der Waals surface area (Å²) in [6, 6.07) is 24.5. The van der Waals surface area contributed by atoms with E-state index < -0.39 is 0 Å². The third-order valence-electron chi connectivity index (χ3n) is 4.29. The molecule has 0 aromatic heterocycles. The number of anilines is 2. The minimum Gasteiger partial charge on any atom is -0.494 e. The smallest absolute Gasteiger partial charge is 0.243 e. The summed E-state index contributed by atoms with van der Waals surface area (Å²) in [7, 11) is 0. The van der Waals surface area contributed by atoms with Crippen molar-refractivity contribution in [2.45, 2.75) is 13.3 Å². The van der Waals surface area contributed by atoms with E-state index in [4.69, 9.17) is 14.2 Å². The first kappa shape index (κ1) is 22.0. The Bertz CT molecular complexity index is 930. The molecule has 0 aliphatic rings. The Morgan fingerprint density at radius 3 is 2.16 bits per heavy atom. The van der Waals surface area contributed by atoms with Crippen LogP contribution < -0.4 is 24.8 Å². The molecule has 0 saturated carbocycles. The monoisotopic (exact) mass is 420 g/mol. The number of para-hydroxylation sites is 3. The Morgan fingerprint density at radius 1 is 0.742 bits per heavy atom. The third kappa shape index (κ3) is 7.59. The molecular weight excluding hydrogens is 392 g/mol. The van der Waals surface area contributed by atoms with Gasteiger partial charge in [0, 0.05) is 5.69 Å². The van der Waals surface area contributed by atoms with Crippen molar-refractivity contribution < 1.29 is 19.0 Å². The van der Waals surface area contributed by atoms with Crippen LogP contribution in [0.5, 0.6) is 17.2 Å². The Kier molecular flexibility index (Phi) is 8.61. The fourth-order valence-corrected chi connectivity index (χ4v) is 2.79. The molecule has 0 radical (unpaired) electrons. The van der Waals surface area contributed by atoms with Crippen LogP contribution in [0.25, 0.3) is 0 Å². The predicted molar refractivity (Wildman–Crippen MR) is 123 cm³/mol. The summed E-state index contributed by atoms with van der Waals surface area (Å²) < 4.78 is 17.0. The van der Waals surface area contributed by atoms with Crippen molar-refractivity contribution in [3.8, 4) is 17.2 Å². The van der Waals surface area contributed by atoms with Crippen LogP contribution in [0.15, 0.2) is 78.9 Å². The zero-order valence-electron chi connectivity index (χ0n) is 17.7. The maximum Gasteiger partial charge on any atom is 0.243 e. The summed E-state index contributed by atoms with van der Waals surface area (Å²) in [5.41, 5.74) is 1.47. The number of rotatable bonds is 12. The quantitative estimate of drug-likeness (QED) is 0.404. The minimum atomic E-state index is -0.164. The zero-order chi connectivity index (χ0) is 21.7. The molecule has 0 atom stereocenters. The number of hydrogen-bond acceptors (Lipinski definition) is 5. The van der Waals surface area contributed by atoms with Crippen molar-refractivity contribution in [1.29, 1.82) is 0 Å². The van der Waals surface area contributed by atoms with Gasteiger partial charge in [-0.3, -0.25) is 4.79 Å². The molecule has 162 valence electrons. The highest BCUT2D eigenvalue weighted by Crippen LogP contribution is 2.24. The minimum absolute atomic E-state index is 0.140. The average molecular weight is 421 g/mol. The number of ether oxygens (including phenoxy) is 3. The van der Waals surface area contributed by atoms with Crippen LogP contribution in [0.2, 0.25) is 0 Å². The second-order valence-corrected chi connectivity index (χ2v) is 6.78. The molecule has 6 heteroatoms. The first-order valence-corrected chi connectivity index (χ1v) is 10.4. The van der Waals surface area contributed by atoms with Gasteiger partial charge in [0.15, 0.2) is 0 Å². The van der Waals surface area contributed by atoms with Gasteiger partial charge in [-0.1, -0.05) is 37.3 Å². The Morgan fingerprint density at radius 2 is 1.39 bits per heavy atom. The Hall–Kier alpha value is -3.67. The van der Waals surface area contributed by atoms with Crippen molar-refractivity contribution in [2.75, 3.05) is 37.0 Å². The molecule has 0 aliphatic carbocycles. The molecule has 31 heavy (non-hydrogen) atoms. The molecule has 3 aromatic rings. The normalized spacial score (nSPS) is 10.2. The predicted octanol–water partition coefficient (Wildman–Crippen LogP) is 4.98. The van der Waals surface area contributed by atoms with Gasteiger partial charge >= 0.3 is 0 Å². The van der Waals surface area contributed by atoms with Crippen LogP contribution in [0.4, 0.5) is 11.4 Å². The summed E-state index contributed by atoms with van der Waals surface area (Å²) in [5.74, 6) is 2.05. The van der Waals surface area contributed by atoms with E-state index in [0.29, 0.717) is 31.3 Å². The third-order valence-corrected chi connectivity index (χ3v) is 4.29. The summed E-state index contributed by atoms with van der Waals surface area (Å²) in [4.78, 5) is 12.4. The number of amides is 1. The molecule has 0 unspecified atom stereocenters. The van der Waals surface area contributed by atoms with E-state index in [1.165, 1.54) is 0 Å². The molecule has 0 aliphatic heterocycles. The summed E-state index contributed by atoms with van der Waals surface area (Å²) in [6.07, 6.45) is 0.964. The summed E-state index contributed by atoms with van der Waals surface area (Å²) in [6.45, 7) is 3.67. The van der Waals surface area contributed by atoms with E-state index >= 15 is 0 Å². The van der Waals surface area contributed by atoms with Crippen LogP contribution in [-0.4, -0.2) is 32.3 Å². The Balaban J connectivity index is 1.44. The summed E-state index contributed by atoms with van der Waals surface area (Å²) in [5, 5.41) is 6.00. The maximum absolute atomic E-state index is 12.4. The number of hydrogen-bond donors (Lipinski definition) is 2. The van der Waals surface area contributed by atoms with Crippen LogP contribution in [0, 0.1) is 0 Å². The van der Waals surface area contributed by atoms with E-state index in [1.54, 1.807) is 0 Å². The topological polar surface area (TPSA) is 68.8 Å². The summed E-state index contributed by atoms with van der Waals surface area (Å²) >= 11 is 0. The second kappa shape index (κ2) is 12.1. The fourth-order valence-electron chi connectivity index (χ4n) is 2.79. The highest BCUT2D eigenvalue weighted by Gasteiger charge is 2.08. The molecule has 2 N–H and O–H groups in total. The van der Waals surface area contributed by atoms with Crippen molar-refractivity contribution in [3.05, 3.63) is 78.9 Å². The lowest BCUT2D eigenvalue weighted by Gasteiger charge is -2.13. The van der Waals surface area contributed by atoms with Crippen LogP contribution in [0.3, 0.4) is 0 Å². The van der Waals surface area contributed by atoms with Gasteiger partial charge in [0.25, 0.3) is 0 Å². The molecule has 6 nitrogen and oxygen atoms in total. The van der Waals surface area contributed by atoms with Crippen molar-refractivity contribution in [3.63, 3.8) is 0 Å². The number of benzene rings is 3. The van der Waals surface area contributed by atoms with Gasteiger partial charge in [0.2, 0.25) is 5.91 Å². The fraction of sp³-hybridized carbons (Fsp3) is 0.240. The molecule has 0 heterocycles. The second-order valence-electron chi connectivity index (χ2n) is 6.78. The molecule has 0 bridgehead atoms. The number of nitrogens with one attached hydrogen (secondary N) is 2. The maximum atomic E-state index is 12.4. The first-order valence-electron chi connectivity index (χ1n) is 10.4. The van der Waals surface area contributed by atoms with E-state index in [2.05, 4.69) is 17.6 Å². The van der Waals surface area contributed by atoms with E-state index in [-0.39, 0.29) is 12.5 Å². The number of carbonyl (C=O) groups excluding carboxylic acids is 1. The lowest BCUT2D eigenvalue weighted by molar-refractivity contribution is -0.114. The molecule has 0 fully saturated rings. The highest BCUT2D eigenvalue weighted by molar-refractivity contribution is 5.95. The van der Waals surface area contributed by atoms with Crippen molar-refractivity contribution >= 4 is 17.3 Å². The van der Waals surface area contributed by atoms with Crippen LogP contribution in [0.1, 0.15) is 13.3 Å². The number of carbonyl (C=O) groups is 1. The molecule has 0 spiro atoms. The lowest BCUT2D eigenvalue weighted by Crippen LogP contribution is -2.22. The van der Waals surface area contributed by atoms with Crippen LogP contribution >= 0.6 is 0 Å². The van der Waals surface area contributed by atoms with Crippen LogP contribution in [-0.2, 0) is 4.79 Å². The van der Waals surface area contributed by atoms with Crippen molar-refractivity contribution in [2.24, 2.45) is 0 Å². The average Bonchev–Trinajstić information content (AvgIpc) is 2.81. The van der Waals surface area contributed by atoms with Gasteiger partial charge in [0.1, 0.15) is 30.5 Å². The van der Waals surface area contributed by atoms with E-state index in [1.807, 2.05) is 78.9 Å². The molecule has 3 rings (SSSR count). The molecule has 1 amide bonds. The van der Waals surface area contributed by atoms with Crippen molar-refractivity contribution in [1.82, 2.24) is 0 Å². The van der Waals surface area contributed by atoms with Gasteiger partial charge in [-0.2, -0.15) is 0 Å². The standard InChI is InChI=1S/C25H28N2O4/c1-2-16-29-22-14-12-20(13-15-22)26-19-25(28)27-23-10-6-7-11-24(23)31-18-17-30-21-8-4-3-5-9-21/h3-15,26H,2,16-19H2,1H3,(H,27,28). The SMILES string of the molecule is CCCOc1ccc(NCC(=O)Nc2ccccc2OCCOc2ccccc2)cc1. The molecule has 0 saturated heterocycles. The van der Waals surface area contributed by atoms with Gasteiger partial charge in [-0.25, -0.2) is 0 Å². The van der Waals surface area contributed by atoms with Gasteiger partial charge < -0.3 is 24.8 Å². The first-order chi connectivity index (χ1) is 15.2. The van der Waals surface area contributed by atoms with E-state index in [9.17, 15) is 4.79 Å². The van der Waals surface area contributed by atoms with Gasteiger partial charge in [-0.05, 0) is 55.0 Å². The zero-order valence-corrected chi connectivity index (χ0v) is 17.7. The largest absolute Gasteiger partial charge is 0.494 e. The van der Waals surface area contributed by atoms with E-state index in [0.717, 1.165) is 23.6 Å². The highest BCUT2D eigenvalue weighted by atomic mass is 16.5. The lowest BCUT2D eigenvalue weighted by atomic mass is 10.3. The van der Waals surface area contributed by atoms with Gasteiger partial charge in [-0.15, -0.1) is 0 Å². The van der Waals surface area contributed by atoms with Gasteiger partial charge in [0.05, 0.1) is 18.8 Å².